The van der Waals surface area contributed by atoms with E-state index in [1.165, 1.54) is 18.2 Å². The zero-order valence-electron chi connectivity index (χ0n) is 10.1. The molecule has 0 fully saturated rings. The fourth-order valence-corrected chi connectivity index (χ4v) is 2.22. The fraction of sp³-hybridized carbons (Fsp3) is 0.0714. The van der Waals surface area contributed by atoms with Crippen LogP contribution in [0.15, 0.2) is 40.9 Å². The van der Waals surface area contributed by atoms with Crippen LogP contribution in [0.4, 0.5) is 5.69 Å². The topological polar surface area (TPSA) is 69.6 Å². The van der Waals surface area contributed by atoms with E-state index in [2.05, 4.69) is 21.2 Å². The zero-order chi connectivity index (χ0) is 14.0. The van der Waals surface area contributed by atoms with Crippen LogP contribution in [0.1, 0.15) is 15.9 Å². The molecule has 0 radical (unpaired) electrons. The molecule has 2 aromatic carbocycles. The molecule has 0 atom stereocenters. The lowest BCUT2D eigenvalue weighted by molar-refractivity contribution is 0.102. The summed E-state index contributed by atoms with van der Waals surface area (Å²) in [5.41, 5.74) is 1.68. The molecule has 19 heavy (non-hydrogen) atoms. The largest absolute Gasteiger partial charge is 0.504 e. The monoisotopic (exact) mass is 321 g/mol. The summed E-state index contributed by atoms with van der Waals surface area (Å²) in [5.74, 6) is -1.24. The van der Waals surface area contributed by atoms with Gasteiger partial charge >= 0.3 is 0 Å². The molecule has 0 aliphatic carbocycles. The highest BCUT2D eigenvalue weighted by atomic mass is 79.9. The Hall–Kier alpha value is -2.01. The van der Waals surface area contributed by atoms with Gasteiger partial charge in [-0.3, -0.25) is 4.79 Å². The van der Waals surface area contributed by atoms with Gasteiger partial charge in [0.05, 0.1) is 11.3 Å². The van der Waals surface area contributed by atoms with Crippen molar-refractivity contribution in [1.82, 2.24) is 0 Å². The second-order valence-corrected chi connectivity index (χ2v) is 4.97. The van der Waals surface area contributed by atoms with Crippen molar-refractivity contribution in [3.05, 3.63) is 52.0 Å². The molecule has 0 spiro atoms. The first kappa shape index (κ1) is 13.4. The number of halogens is 1. The number of carbonyl (C=O) groups excluding carboxylic acids is 1. The van der Waals surface area contributed by atoms with Crippen molar-refractivity contribution in [2.75, 3.05) is 5.32 Å². The average Bonchev–Trinajstić information content (AvgIpc) is 2.36. The summed E-state index contributed by atoms with van der Waals surface area (Å²) < 4.78 is 0.750. The molecule has 98 valence electrons. The molecule has 0 heterocycles. The lowest BCUT2D eigenvalue weighted by Gasteiger charge is -2.09. The highest BCUT2D eigenvalue weighted by molar-refractivity contribution is 9.10. The van der Waals surface area contributed by atoms with Crippen molar-refractivity contribution >= 4 is 27.5 Å². The highest BCUT2D eigenvalue weighted by Crippen LogP contribution is 2.30. The van der Waals surface area contributed by atoms with Crippen LogP contribution in [-0.2, 0) is 0 Å². The lowest BCUT2D eigenvalue weighted by Crippen LogP contribution is -2.12. The number of phenolic OH excluding ortho intramolecular Hbond substituents is 2. The van der Waals surface area contributed by atoms with Crippen molar-refractivity contribution in [2.24, 2.45) is 0 Å². The quantitative estimate of drug-likeness (QED) is 0.742. The van der Waals surface area contributed by atoms with Crippen LogP contribution in [-0.4, -0.2) is 16.1 Å². The van der Waals surface area contributed by atoms with Crippen LogP contribution in [0.5, 0.6) is 11.5 Å². The van der Waals surface area contributed by atoms with Gasteiger partial charge in [-0.1, -0.05) is 12.1 Å². The summed E-state index contributed by atoms with van der Waals surface area (Å²) in [6.07, 6.45) is 0. The minimum Gasteiger partial charge on any atom is -0.504 e. The van der Waals surface area contributed by atoms with E-state index < -0.39 is 11.7 Å². The number of rotatable bonds is 2. The summed E-state index contributed by atoms with van der Waals surface area (Å²) in [4.78, 5) is 12.0. The van der Waals surface area contributed by atoms with Gasteiger partial charge in [0, 0.05) is 4.47 Å². The van der Waals surface area contributed by atoms with Gasteiger partial charge < -0.3 is 15.5 Å². The van der Waals surface area contributed by atoms with Gasteiger partial charge in [0.1, 0.15) is 0 Å². The maximum atomic E-state index is 12.0. The Balaban J connectivity index is 2.28. The first-order chi connectivity index (χ1) is 8.99. The summed E-state index contributed by atoms with van der Waals surface area (Å²) >= 11 is 3.35. The third-order valence-electron chi connectivity index (χ3n) is 2.63. The Morgan fingerprint density at radius 1 is 1.21 bits per heavy atom. The maximum absolute atomic E-state index is 12.0. The van der Waals surface area contributed by atoms with Gasteiger partial charge in [-0.25, -0.2) is 0 Å². The van der Waals surface area contributed by atoms with Crippen LogP contribution in [0.25, 0.3) is 0 Å². The molecule has 0 unspecified atom stereocenters. The van der Waals surface area contributed by atoms with E-state index in [-0.39, 0.29) is 11.3 Å². The minimum atomic E-state index is -0.488. The van der Waals surface area contributed by atoms with E-state index in [1.54, 1.807) is 6.07 Å². The van der Waals surface area contributed by atoms with Crippen LogP contribution in [0, 0.1) is 6.92 Å². The number of anilines is 1. The van der Waals surface area contributed by atoms with Crippen LogP contribution >= 0.6 is 15.9 Å². The first-order valence-corrected chi connectivity index (χ1v) is 6.37. The minimum absolute atomic E-state index is 0.0208. The molecular formula is C14H12BrNO3. The summed E-state index contributed by atoms with van der Waals surface area (Å²) in [6.45, 7) is 1.94. The molecule has 0 aliphatic heterocycles. The molecule has 0 aromatic heterocycles. The third kappa shape index (κ3) is 2.88. The lowest BCUT2D eigenvalue weighted by atomic mass is 10.1. The number of aromatic hydroxyl groups is 2. The molecule has 0 aliphatic rings. The molecule has 5 heteroatoms. The van der Waals surface area contributed by atoms with Crippen LogP contribution in [0.2, 0.25) is 0 Å². The summed E-state index contributed by atoms with van der Waals surface area (Å²) in [5, 5.41) is 21.7. The van der Waals surface area contributed by atoms with Gasteiger partial charge in [-0.05, 0) is 52.7 Å². The Kier molecular flexibility index (Phi) is 3.76. The van der Waals surface area contributed by atoms with E-state index in [4.69, 9.17) is 0 Å². The summed E-state index contributed by atoms with van der Waals surface area (Å²) in [7, 11) is 0. The average molecular weight is 322 g/mol. The number of benzene rings is 2. The smallest absolute Gasteiger partial charge is 0.259 e. The van der Waals surface area contributed by atoms with Crippen molar-refractivity contribution in [2.45, 2.75) is 6.92 Å². The number of aryl methyl sites for hydroxylation is 1. The van der Waals surface area contributed by atoms with E-state index in [0.717, 1.165) is 10.0 Å². The predicted octanol–water partition coefficient (Wildman–Crippen LogP) is 3.42. The summed E-state index contributed by atoms with van der Waals surface area (Å²) in [6, 6.07) is 9.74. The predicted molar refractivity (Wildman–Crippen MR) is 76.6 cm³/mol. The van der Waals surface area contributed by atoms with Crippen LogP contribution in [0.3, 0.4) is 0 Å². The SMILES string of the molecule is Cc1ccc(NC(=O)c2cccc(O)c2O)c(Br)c1. The second kappa shape index (κ2) is 5.32. The van der Waals surface area contributed by atoms with Crippen molar-refractivity contribution in [1.29, 1.82) is 0 Å². The number of nitrogens with one attached hydrogen (secondary N) is 1. The Morgan fingerprint density at radius 2 is 1.95 bits per heavy atom. The molecule has 0 saturated carbocycles. The van der Waals surface area contributed by atoms with Crippen molar-refractivity contribution < 1.29 is 15.0 Å². The van der Waals surface area contributed by atoms with Crippen LogP contribution < -0.4 is 5.32 Å². The number of para-hydroxylation sites is 1. The first-order valence-electron chi connectivity index (χ1n) is 5.57. The normalized spacial score (nSPS) is 10.2. The maximum Gasteiger partial charge on any atom is 0.259 e. The molecular weight excluding hydrogens is 310 g/mol. The van der Waals surface area contributed by atoms with Crippen molar-refractivity contribution in [3.8, 4) is 11.5 Å². The number of amides is 1. The van der Waals surface area contributed by atoms with Gasteiger partial charge in [0.25, 0.3) is 5.91 Å². The van der Waals surface area contributed by atoms with E-state index in [1.807, 2.05) is 19.1 Å². The number of carbonyl (C=O) groups is 1. The van der Waals surface area contributed by atoms with Gasteiger partial charge in [-0.15, -0.1) is 0 Å². The molecule has 0 bridgehead atoms. The van der Waals surface area contributed by atoms with E-state index in [9.17, 15) is 15.0 Å². The Bertz CT molecular complexity index is 641. The van der Waals surface area contributed by atoms with Gasteiger partial charge in [0.15, 0.2) is 11.5 Å². The Labute approximate surface area is 118 Å². The number of hydrogen-bond donors (Lipinski definition) is 3. The fourth-order valence-electron chi connectivity index (χ4n) is 1.63. The number of phenols is 2. The van der Waals surface area contributed by atoms with Gasteiger partial charge in [0.2, 0.25) is 0 Å². The van der Waals surface area contributed by atoms with Gasteiger partial charge in [-0.2, -0.15) is 0 Å². The molecule has 0 saturated heterocycles. The van der Waals surface area contributed by atoms with Crippen molar-refractivity contribution in [3.63, 3.8) is 0 Å². The Morgan fingerprint density at radius 3 is 2.63 bits per heavy atom. The third-order valence-corrected chi connectivity index (χ3v) is 3.29. The molecule has 2 aromatic rings. The molecule has 4 nitrogen and oxygen atoms in total. The zero-order valence-corrected chi connectivity index (χ0v) is 11.7. The highest BCUT2D eigenvalue weighted by Gasteiger charge is 2.14. The standard InChI is InChI=1S/C14H12BrNO3/c1-8-5-6-11(10(15)7-8)16-14(19)9-3-2-4-12(17)13(9)18/h2-7,17-18H,1H3,(H,16,19). The molecule has 2 rings (SSSR count). The molecule has 1 amide bonds. The second-order valence-electron chi connectivity index (χ2n) is 4.11. The number of hydrogen-bond acceptors (Lipinski definition) is 3. The molecule has 3 N–H and O–H groups in total. The van der Waals surface area contributed by atoms with E-state index in [0.29, 0.717) is 5.69 Å². The van der Waals surface area contributed by atoms with E-state index >= 15 is 0 Å².